The van der Waals surface area contributed by atoms with Crippen LogP contribution in [0.15, 0.2) is 60.8 Å². The van der Waals surface area contributed by atoms with Gasteiger partial charge in [0, 0.05) is 18.2 Å². The van der Waals surface area contributed by atoms with Gasteiger partial charge in [-0.2, -0.15) is 0 Å². The Labute approximate surface area is 129 Å². The molecule has 0 amide bonds. The summed E-state index contributed by atoms with van der Waals surface area (Å²) in [6.45, 7) is 2.04. The Morgan fingerprint density at radius 1 is 0.905 bits per heavy atom. The monoisotopic (exact) mass is 294 g/mol. The summed E-state index contributed by atoms with van der Waals surface area (Å²) in [6.07, 6.45) is 2.47. The van der Waals surface area contributed by atoms with Gasteiger partial charge in [0.2, 0.25) is 0 Å². The third kappa shape index (κ3) is 2.96. The van der Waals surface area contributed by atoms with Crippen molar-refractivity contribution < 1.29 is 0 Å². The molecule has 0 aliphatic carbocycles. The van der Waals surface area contributed by atoms with Crippen molar-refractivity contribution in [2.45, 2.75) is 13.3 Å². The zero-order valence-corrected chi connectivity index (χ0v) is 12.5. The molecule has 104 valence electrons. The van der Waals surface area contributed by atoms with Crippen LogP contribution in [0.4, 0.5) is 0 Å². The average Bonchev–Trinajstić information content (AvgIpc) is 2.56. The largest absolute Gasteiger partial charge is 0.240 e. The molecule has 2 nitrogen and oxygen atoms in total. The van der Waals surface area contributed by atoms with Crippen LogP contribution in [0, 0.1) is 0 Å². The summed E-state index contributed by atoms with van der Waals surface area (Å²) in [5, 5.41) is 0.581. The highest BCUT2D eigenvalue weighted by molar-refractivity contribution is 6.32. The van der Waals surface area contributed by atoms with E-state index in [1.165, 1.54) is 5.56 Å². The van der Waals surface area contributed by atoms with E-state index in [0.717, 1.165) is 29.1 Å². The molecule has 0 radical (unpaired) electrons. The number of rotatable bonds is 3. The van der Waals surface area contributed by atoms with Crippen LogP contribution < -0.4 is 0 Å². The Bertz CT molecular complexity index is 754. The molecule has 3 aromatic rings. The van der Waals surface area contributed by atoms with Gasteiger partial charge in [-0.1, -0.05) is 67.1 Å². The quantitative estimate of drug-likeness (QED) is 0.677. The first-order chi connectivity index (χ1) is 10.3. The van der Waals surface area contributed by atoms with Gasteiger partial charge >= 0.3 is 0 Å². The lowest BCUT2D eigenvalue weighted by atomic mass is 10.0. The van der Waals surface area contributed by atoms with Gasteiger partial charge < -0.3 is 0 Å². The number of hydrogen-bond acceptors (Lipinski definition) is 2. The highest BCUT2D eigenvalue weighted by Crippen LogP contribution is 2.29. The Kier molecular flexibility index (Phi) is 3.98. The molecule has 0 aliphatic heterocycles. The second kappa shape index (κ2) is 6.06. The van der Waals surface area contributed by atoms with E-state index < -0.39 is 0 Å². The minimum absolute atomic E-state index is 0.581. The molecule has 0 N–H and O–H groups in total. The number of aromatic nitrogens is 2. The normalized spacial score (nSPS) is 10.6. The standard InChI is InChI=1S/C18H15ClN2/c1-2-17-20-12-16(19)18(21-17)15-10-6-9-14(11-15)13-7-4-3-5-8-13/h3-12H,2H2,1H3. The van der Waals surface area contributed by atoms with Crippen molar-refractivity contribution in [3.05, 3.63) is 71.6 Å². The van der Waals surface area contributed by atoms with Crippen LogP contribution in [0.2, 0.25) is 5.02 Å². The summed E-state index contributed by atoms with van der Waals surface area (Å²) >= 11 is 6.26. The van der Waals surface area contributed by atoms with E-state index in [4.69, 9.17) is 11.6 Å². The molecule has 2 aromatic carbocycles. The van der Waals surface area contributed by atoms with Gasteiger partial charge in [0.05, 0.1) is 10.7 Å². The van der Waals surface area contributed by atoms with Crippen LogP contribution >= 0.6 is 11.6 Å². The number of aryl methyl sites for hydroxylation is 1. The molecular formula is C18H15ClN2. The van der Waals surface area contributed by atoms with Crippen molar-refractivity contribution in [2.24, 2.45) is 0 Å². The van der Waals surface area contributed by atoms with E-state index in [1.54, 1.807) is 6.20 Å². The molecule has 0 saturated carbocycles. The van der Waals surface area contributed by atoms with E-state index in [0.29, 0.717) is 5.02 Å². The molecule has 0 unspecified atom stereocenters. The zero-order chi connectivity index (χ0) is 14.7. The highest BCUT2D eigenvalue weighted by atomic mass is 35.5. The molecule has 1 aromatic heterocycles. The SMILES string of the molecule is CCc1ncc(Cl)c(-c2cccc(-c3ccccc3)c2)n1. The van der Waals surface area contributed by atoms with Gasteiger partial charge in [-0.15, -0.1) is 0 Å². The van der Waals surface area contributed by atoms with E-state index in [-0.39, 0.29) is 0 Å². The van der Waals surface area contributed by atoms with E-state index in [9.17, 15) is 0 Å². The van der Waals surface area contributed by atoms with Crippen LogP contribution in [0.25, 0.3) is 22.4 Å². The maximum atomic E-state index is 6.26. The molecule has 0 atom stereocenters. The van der Waals surface area contributed by atoms with Gasteiger partial charge in [-0.25, -0.2) is 9.97 Å². The second-order valence-corrected chi connectivity index (χ2v) is 5.19. The maximum Gasteiger partial charge on any atom is 0.128 e. The molecule has 0 spiro atoms. The summed E-state index contributed by atoms with van der Waals surface area (Å²) in [5.74, 6) is 0.805. The molecule has 3 rings (SSSR count). The molecular weight excluding hydrogens is 280 g/mol. The lowest BCUT2D eigenvalue weighted by Gasteiger charge is -2.08. The van der Waals surface area contributed by atoms with Crippen LogP contribution in [0.3, 0.4) is 0 Å². The Morgan fingerprint density at radius 3 is 2.38 bits per heavy atom. The Hall–Kier alpha value is -2.19. The fourth-order valence-electron chi connectivity index (χ4n) is 2.25. The Morgan fingerprint density at radius 2 is 1.62 bits per heavy atom. The molecule has 0 bridgehead atoms. The van der Waals surface area contributed by atoms with Gasteiger partial charge in [-0.3, -0.25) is 0 Å². The molecule has 1 heterocycles. The zero-order valence-electron chi connectivity index (χ0n) is 11.8. The molecule has 0 saturated heterocycles. The summed E-state index contributed by atoms with van der Waals surface area (Å²) in [5.41, 5.74) is 4.14. The lowest BCUT2D eigenvalue weighted by Crippen LogP contribution is -1.95. The van der Waals surface area contributed by atoms with Crippen LogP contribution in [0.1, 0.15) is 12.7 Å². The van der Waals surface area contributed by atoms with Gasteiger partial charge in [-0.05, 0) is 17.2 Å². The number of nitrogens with zero attached hydrogens (tertiary/aromatic N) is 2. The number of halogens is 1. The van der Waals surface area contributed by atoms with Gasteiger partial charge in [0.15, 0.2) is 0 Å². The van der Waals surface area contributed by atoms with Gasteiger partial charge in [0.25, 0.3) is 0 Å². The fourth-order valence-corrected chi connectivity index (χ4v) is 2.45. The summed E-state index contributed by atoms with van der Waals surface area (Å²) in [6, 6.07) is 18.5. The highest BCUT2D eigenvalue weighted by Gasteiger charge is 2.08. The van der Waals surface area contributed by atoms with Crippen molar-refractivity contribution in [2.75, 3.05) is 0 Å². The summed E-state index contributed by atoms with van der Waals surface area (Å²) < 4.78 is 0. The fraction of sp³-hybridized carbons (Fsp3) is 0.111. The Balaban J connectivity index is 2.08. The van der Waals surface area contributed by atoms with Crippen LogP contribution in [-0.2, 0) is 6.42 Å². The first-order valence-corrected chi connectivity index (χ1v) is 7.33. The second-order valence-electron chi connectivity index (χ2n) is 4.78. The minimum Gasteiger partial charge on any atom is -0.240 e. The molecule has 3 heteroatoms. The topological polar surface area (TPSA) is 25.8 Å². The average molecular weight is 295 g/mol. The predicted octanol–water partition coefficient (Wildman–Crippen LogP) is 5.03. The number of benzene rings is 2. The minimum atomic E-state index is 0.581. The predicted molar refractivity (Wildman–Crippen MR) is 87.3 cm³/mol. The van der Waals surface area contributed by atoms with Crippen molar-refractivity contribution in [1.29, 1.82) is 0 Å². The van der Waals surface area contributed by atoms with Crippen LogP contribution in [-0.4, -0.2) is 9.97 Å². The molecule has 0 fully saturated rings. The first-order valence-electron chi connectivity index (χ1n) is 6.95. The van der Waals surface area contributed by atoms with Crippen molar-refractivity contribution in [3.63, 3.8) is 0 Å². The van der Waals surface area contributed by atoms with Crippen molar-refractivity contribution in [3.8, 4) is 22.4 Å². The smallest absolute Gasteiger partial charge is 0.128 e. The van der Waals surface area contributed by atoms with E-state index in [1.807, 2.05) is 37.3 Å². The maximum absolute atomic E-state index is 6.26. The van der Waals surface area contributed by atoms with Gasteiger partial charge in [0.1, 0.15) is 5.82 Å². The van der Waals surface area contributed by atoms with Crippen molar-refractivity contribution >= 4 is 11.6 Å². The number of hydrogen-bond donors (Lipinski definition) is 0. The van der Waals surface area contributed by atoms with E-state index in [2.05, 4.69) is 34.2 Å². The van der Waals surface area contributed by atoms with Crippen molar-refractivity contribution in [1.82, 2.24) is 9.97 Å². The summed E-state index contributed by atoms with van der Waals surface area (Å²) in [4.78, 5) is 8.77. The third-order valence-corrected chi connectivity index (χ3v) is 3.63. The third-order valence-electron chi connectivity index (χ3n) is 3.35. The summed E-state index contributed by atoms with van der Waals surface area (Å²) in [7, 11) is 0. The van der Waals surface area contributed by atoms with Crippen LogP contribution in [0.5, 0.6) is 0 Å². The first kappa shape index (κ1) is 13.8. The molecule has 0 aliphatic rings. The lowest BCUT2D eigenvalue weighted by molar-refractivity contribution is 0.943. The molecule has 21 heavy (non-hydrogen) atoms. The van der Waals surface area contributed by atoms with E-state index >= 15 is 0 Å².